The predicted molar refractivity (Wildman–Crippen MR) is 78.7 cm³/mol. The van der Waals surface area contributed by atoms with Gasteiger partial charge in [-0.1, -0.05) is 17.7 Å². The van der Waals surface area contributed by atoms with Crippen molar-refractivity contribution < 1.29 is 9.00 Å². The number of pyridine rings is 1. The van der Waals surface area contributed by atoms with Gasteiger partial charge in [0, 0.05) is 16.8 Å². The Morgan fingerprint density at radius 1 is 1.35 bits per heavy atom. The molecule has 0 spiro atoms. The van der Waals surface area contributed by atoms with E-state index in [1.54, 1.807) is 18.2 Å². The average Bonchev–Trinajstić information content (AvgIpc) is 2.41. The van der Waals surface area contributed by atoms with Crippen LogP contribution in [-0.2, 0) is 16.6 Å². The maximum absolute atomic E-state index is 12.3. The molecule has 0 aliphatic rings. The molecule has 104 valence electrons. The predicted octanol–water partition coefficient (Wildman–Crippen LogP) is 1.72. The van der Waals surface area contributed by atoms with Crippen molar-refractivity contribution >= 4 is 34.0 Å². The summed E-state index contributed by atoms with van der Waals surface area (Å²) in [4.78, 5) is 15.4. The van der Waals surface area contributed by atoms with Gasteiger partial charge in [0.05, 0.1) is 33.3 Å². The van der Waals surface area contributed by atoms with Crippen LogP contribution in [0.3, 0.4) is 0 Å². The zero-order chi connectivity index (χ0) is 14.7. The van der Waals surface area contributed by atoms with E-state index < -0.39 is 16.7 Å². The van der Waals surface area contributed by atoms with Crippen molar-refractivity contribution in [3.05, 3.63) is 52.8 Å². The van der Waals surface area contributed by atoms with Gasteiger partial charge in [-0.05, 0) is 23.8 Å². The first kappa shape index (κ1) is 14.5. The van der Waals surface area contributed by atoms with Gasteiger partial charge >= 0.3 is 0 Å². The number of nitrogen functional groups attached to an aromatic ring is 1. The fourth-order valence-corrected chi connectivity index (χ4v) is 3.18. The van der Waals surface area contributed by atoms with Crippen LogP contribution in [0.15, 0.2) is 41.6 Å². The SMILES string of the molecule is NC(=O)c1ccc(CS(=O)c2ccncc2N)c(Cl)c1. The van der Waals surface area contributed by atoms with Gasteiger partial charge in [-0.3, -0.25) is 14.0 Å². The summed E-state index contributed by atoms with van der Waals surface area (Å²) in [5.74, 6) is -0.357. The maximum Gasteiger partial charge on any atom is 0.248 e. The molecule has 1 atom stereocenters. The average molecular weight is 310 g/mol. The minimum atomic E-state index is -1.34. The van der Waals surface area contributed by atoms with Crippen LogP contribution in [-0.4, -0.2) is 15.1 Å². The van der Waals surface area contributed by atoms with E-state index in [1.807, 2.05) is 0 Å². The molecule has 5 nitrogen and oxygen atoms in total. The summed E-state index contributed by atoms with van der Waals surface area (Å²) >= 11 is 6.06. The Morgan fingerprint density at radius 3 is 2.70 bits per heavy atom. The van der Waals surface area contributed by atoms with Crippen LogP contribution < -0.4 is 11.5 Å². The molecule has 2 aromatic rings. The second kappa shape index (κ2) is 6.02. The number of carbonyl (C=O) groups excluding carboxylic acids is 1. The van der Waals surface area contributed by atoms with E-state index in [1.165, 1.54) is 18.5 Å². The largest absolute Gasteiger partial charge is 0.396 e. The monoisotopic (exact) mass is 309 g/mol. The molecule has 20 heavy (non-hydrogen) atoms. The highest BCUT2D eigenvalue weighted by Gasteiger charge is 2.12. The van der Waals surface area contributed by atoms with Crippen molar-refractivity contribution in [3.8, 4) is 0 Å². The number of anilines is 1. The van der Waals surface area contributed by atoms with Crippen LogP contribution in [0.25, 0.3) is 0 Å². The van der Waals surface area contributed by atoms with E-state index in [0.29, 0.717) is 26.7 Å². The van der Waals surface area contributed by atoms with Crippen molar-refractivity contribution in [2.45, 2.75) is 10.6 Å². The van der Waals surface area contributed by atoms with Crippen LogP contribution in [0.5, 0.6) is 0 Å². The molecule has 1 unspecified atom stereocenters. The van der Waals surface area contributed by atoms with Crippen molar-refractivity contribution in [3.63, 3.8) is 0 Å². The number of carbonyl (C=O) groups is 1. The number of nitrogens with two attached hydrogens (primary N) is 2. The molecule has 0 aliphatic heterocycles. The number of primary amides is 1. The van der Waals surface area contributed by atoms with Gasteiger partial charge in [0.1, 0.15) is 0 Å². The Bertz CT molecular complexity index is 691. The minimum Gasteiger partial charge on any atom is -0.396 e. The lowest BCUT2D eigenvalue weighted by atomic mass is 10.1. The van der Waals surface area contributed by atoms with Gasteiger partial charge < -0.3 is 11.5 Å². The lowest BCUT2D eigenvalue weighted by Gasteiger charge is -2.07. The van der Waals surface area contributed by atoms with E-state index in [4.69, 9.17) is 23.1 Å². The van der Waals surface area contributed by atoms with Gasteiger partial charge in [0.15, 0.2) is 0 Å². The summed E-state index contributed by atoms with van der Waals surface area (Å²) in [6.45, 7) is 0. The molecule has 0 saturated heterocycles. The topological polar surface area (TPSA) is 99.1 Å². The zero-order valence-electron chi connectivity index (χ0n) is 10.4. The van der Waals surface area contributed by atoms with Crippen molar-refractivity contribution in [1.29, 1.82) is 0 Å². The Labute approximate surface area is 123 Å². The summed E-state index contributed by atoms with van der Waals surface area (Å²) in [6.07, 6.45) is 2.98. The Hall–Kier alpha value is -1.92. The molecule has 0 aliphatic carbocycles. The van der Waals surface area contributed by atoms with Crippen LogP contribution in [0.2, 0.25) is 5.02 Å². The van der Waals surface area contributed by atoms with Crippen molar-refractivity contribution in [2.24, 2.45) is 5.73 Å². The van der Waals surface area contributed by atoms with Gasteiger partial charge in [0.2, 0.25) is 5.91 Å². The molecular formula is C13H12ClN3O2S. The first-order valence-corrected chi connectivity index (χ1v) is 7.35. The Kier molecular flexibility index (Phi) is 4.36. The molecular weight excluding hydrogens is 298 g/mol. The first-order chi connectivity index (χ1) is 9.49. The van der Waals surface area contributed by atoms with E-state index in [0.717, 1.165) is 0 Å². The highest BCUT2D eigenvalue weighted by Crippen LogP contribution is 2.23. The number of hydrogen-bond acceptors (Lipinski definition) is 4. The smallest absolute Gasteiger partial charge is 0.248 e. The third-order valence-corrected chi connectivity index (χ3v) is 4.47. The van der Waals surface area contributed by atoms with Crippen LogP contribution in [0.1, 0.15) is 15.9 Å². The second-order valence-electron chi connectivity index (χ2n) is 4.07. The zero-order valence-corrected chi connectivity index (χ0v) is 11.9. The normalized spacial score (nSPS) is 12.1. The van der Waals surface area contributed by atoms with Crippen LogP contribution in [0, 0.1) is 0 Å². The van der Waals surface area contributed by atoms with Gasteiger partial charge in [-0.2, -0.15) is 0 Å². The Morgan fingerprint density at radius 2 is 2.10 bits per heavy atom. The molecule has 0 radical (unpaired) electrons. The molecule has 0 fully saturated rings. The number of aromatic nitrogens is 1. The number of amides is 1. The van der Waals surface area contributed by atoms with E-state index in [9.17, 15) is 9.00 Å². The summed E-state index contributed by atoms with van der Waals surface area (Å²) < 4.78 is 12.3. The second-order valence-corrected chi connectivity index (χ2v) is 5.90. The summed E-state index contributed by atoms with van der Waals surface area (Å²) in [5.41, 5.74) is 12.2. The molecule has 1 aromatic heterocycles. The quantitative estimate of drug-likeness (QED) is 0.898. The molecule has 1 amide bonds. The maximum atomic E-state index is 12.3. The van der Waals surface area contributed by atoms with Crippen molar-refractivity contribution in [1.82, 2.24) is 4.98 Å². The van der Waals surface area contributed by atoms with Crippen LogP contribution >= 0.6 is 11.6 Å². The Balaban J connectivity index is 2.25. The minimum absolute atomic E-state index is 0.200. The lowest BCUT2D eigenvalue weighted by molar-refractivity contribution is 0.100. The van der Waals surface area contributed by atoms with E-state index in [2.05, 4.69) is 4.98 Å². The van der Waals surface area contributed by atoms with Crippen molar-refractivity contribution in [2.75, 3.05) is 5.73 Å². The number of hydrogen-bond donors (Lipinski definition) is 2. The fraction of sp³-hybridized carbons (Fsp3) is 0.0769. The summed E-state index contributed by atoms with van der Waals surface area (Å²) in [6, 6.07) is 6.26. The third kappa shape index (κ3) is 3.15. The molecule has 7 heteroatoms. The van der Waals surface area contributed by atoms with E-state index in [-0.39, 0.29) is 5.75 Å². The summed E-state index contributed by atoms with van der Waals surface area (Å²) in [7, 11) is -1.34. The molecule has 0 bridgehead atoms. The van der Waals surface area contributed by atoms with Gasteiger partial charge in [-0.15, -0.1) is 0 Å². The van der Waals surface area contributed by atoms with Crippen LogP contribution in [0.4, 0.5) is 5.69 Å². The van der Waals surface area contributed by atoms with E-state index >= 15 is 0 Å². The number of nitrogens with zero attached hydrogens (tertiary/aromatic N) is 1. The number of halogens is 1. The molecule has 0 saturated carbocycles. The summed E-state index contributed by atoms with van der Waals surface area (Å²) in [5, 5.41) is 0.349. The van der Waals surface area contributed by atoms with Gasteiger partial charge in [-0.25, -0.2) is 0 Å². The fourth-order valence-electron chi connectivity index (χ4n) is 1.64. The number of benzene rings is 1. The molecule has 1 aromatic carbocycles. The molecule has 4 N–H and O–H groups in total. The molecule has 1 heterocycles. The first-order valence-electron chi connectivity index (χ1n) is 5.65. The highest BCUT2D eigenvalue weighted by molar-refractivity contribution is 7.84. The lowest BCUT2D eigenvalue weighted by Crippen LogP contribution is -2.11. The third-order valence-electron chi connectivity index (χ3n) is 2.68. The van der Waals surface area contributed by atoms with Gasteiger partial charge in [0.25, 0.3) is 0 Å². The highest BCUT2D eigenvalue weighted by atomic mass is 35.5. The standard InChI is InChI=1S/C13H12ClN3O2S/c14-10-5-8(13(16)18)1-2-9(10)7-20(19)12-3-4-17-6-11(12)15/h1-6H,7,15H2,(H2,16,18). The number of rotatable bonds is 4. The molecule has 2 rings (SSSR count).